The number of nitrogens with zero attached hydrogens (tertiary/aromatic N) is 2. The van der Waals surface area contributed by atoms with Crippen LogP contribution in [0.15, 0.2) is 26.8 Å². The number of amides is 1. The van der Waals surface area contributed by atoms with Gasteiger partial charge in [0.2, 0.25) is 5.91 Å². The molecule has 0 bridgehead atoms. The summed E-state index contributed by atoms with van der Waals surface area (Å²) in [5.41, 5.74) is 1.61. The molecule has 0 aliphatic heterocycles. The molecule has 0 fully saturated rings. The fraction of sp³-hybridized carbons (Fsp3) is 0.333. The van der Waals surface area contributed by atoms with E-state index in [1.54, 1.807) is 0 Å². The first kappa shape index (κ1) is 11.9. The molecule has 0 spiro atoms. The van der Waals surface area contributed by atoms with E-state index < -0.39 is 0 Å². The predicted molar refractivity (Wildman–Crippen MR) is 58.2 cm³/mol. The van der Waals surface area contributed by atoms with E-state index in [1.165, 1.54) is 30.0 Å². The van der Waals surface area contributed by atoms with Gasteiger partial charge in [0.05, 0.1) is 0 Å². The van der Waals surface area contributed by atoms with E-state index in [-0.39, 0.29) is 17.0 Å². The lowest BCUT2D eigenvalue weighted by molar-refractivity contribution is -0.118. The van der Waals surface area contributed by atoms with Crippen LogP contribution in [-0.4, -0.2) is 21.9 Å². The lowest BCUT2D eigenvalue weighted by Gasteiger charge is -2.00. The van der Waals surface area contributed by atoms with Crippen molar-refractivity contribution in [3.8, 4) is 0 Å². The number of carbonyl (C=O) groups is 1. The van der Waals surface area contributed by atoms with Crippen LogP contribution in [0.5, 0.6) is 0 Å². The molecule has 0 radical (unpaired) electrons. The van der Waals surface area contributed by atoms with Crippen molar-refractivity contribution in [2.24, 2.45) is 5.10 Å². The lowest BCUT2D eigenvalue weighted by Crippen LogP contribution is -2.28. The summed E-state index contributed by atoms with van der Waals surface area (Å²) in [5, 5.41) is 5.98. The van der Waals surface area contributed by atoms with Crippen molar-refractivity contribution in [2.45, 2.75) is 19.9 Å². The second-order valence-electron chi connectivity index (χ2n) is 3.07. The van der Waals surface area contributed by atoms with Gasteiger partial charge in [0, 0.05) is 38.2 Å². The smallest absolute Gasteiger partial charge is 0.265 e. The van der Waals surface area contributed by atoms with Crippen LogP contribution in [0.3, 0.4) is 0 Å². The number of H-pyrrole nitrogens is 1. The van der Waals surface area contributed by atoms with Gasteiger partial charge in [-0.2, -0.15) is 5.10 Å². The predicted octanol–water partition coefficient (Wildman–Crippen LogP) is -0.951. The van der Waals surface area contributed by atoms with E-state index in [4.69, 9.17) is 0 Å². The van der Waals surface area contributed by atoms with Gasteiger partial charge < -0.3 is 0 Å². The molecular formula is C9H12N4O3. The largest absolute Gasteiger partial charge is 0.274 e. The van der Waals surface area contributed by atoms with Gasteiger partial charge in [0.25, 0.3) is 11.1 Å². The fourth-order valence-electron chi connectivity index (χ4n) is 1.02. The monoisotopic (exact) mass is 224 g/mol. The standard InChI is InChI=1S/C9H12N4O3/c1-7(14)11-10-5-2-6-13-9(16)4-3-8(15)12-13/h3-5H,2,6H2,1H3,(H,11,14)(H,12,15)/b10-5-. The number of hydrazone groups is 1. The highest BCUT2D eigenvalue weighted by Crippen LogP contribution is 1.78. The third-order valence-corrected chi connectivity index (χ3v) is 1.68. The number of nitrogens with one attached hydrogen (secondary N) is 2. The average Bonchev–Trinajstić information content (AvgIpc) is 2.22. The molecule has 7 nitrogen and oxygen atoms in total. The number of aromatic nitrogens is 2. The van der Waals surface area contributed by atoms with Gasteiger partial charge in [-0.05, 0) is 0 Å². The van der Waals surface area contributed by atoms with Crippen molar-refractivity contribution in [2.75, 3.05) is 0 Å². The number of hydrogen-bond donors (Lipinski definition) is 2. The Morgan fingerprint density at radius 3 is 3.00 bits per heavy atom. The van der Waals surface area contributed by atoms with Gasteiger partial charge in [-0.1, -0.05) is 0 Å². The number of rotatable bonds is 4. The molecular weight excluding hydrogens is 212 g/mol. The van der Waals surface area contributed by atoms with E-state index in [1.807, 2.05) is 0 Å². The Labute approximate surface area is 90.8 Å². The summed E-state index contributed by atoms with van der Waals surface area (Å²) in [6.07, 6.45) is 1.89. The number of carbonyl (C=O) groups excluding carboxylic acids is 1. The van der Waals surface area contributed by atoms with Crippen LogP contribution >= 0.6 is 0 Å². The maximum atomic E-state index is 11.2. The van der Waals surface area contributed by atoms with Gasteiger partial charge in [0.1, 0.15) is 0 Å². The fourth-order valence-corrected chi connectivity index (χ4v) is 1.02. The van der Waals surface area contributed by atoms with E-state index in [0.29, 0.717) is 13.0 Å². The molecule has 1 amide bonds. The van der Waals surface area contributed by atoms with Crippen LogP contribution in [-0.2, 0) is 11.3 Å². The van der Waals surface area contributed by atoms with E-state index in [9.17, 15) is 14.4 Å². The van der Waals surface area contributed by atoms with Crippen LogP contribution in [0.4, 0.5) is 0 Å². The van der Waals surface area contributed by atoms with Crippen molar-refractivity contribution in [1.29, 1.82) is 0 Å². The summed E-state index contributed by atoms with van der Waals surface area (Å²) in [4.78, 5) is 32.6. The molecule has 0 aromatic carbocycles. The second-order valence-corrected chi connectivity index (χ2v) is 3.07. The quantitative estimate of drug-likeness (QED) is 0.509. The Morgan fingerprint density at radius 1 is 1.56 bits per heavy atom. The Balaban J connectivity index is 2.52. The third kappa shape index (κ3) is 3.91. The number of aromatic amines is 1. The Kier molecular flexibility index (Phi) is 4.19. The summed E-state index contributed by atoms with van der Waals surface area (Å²) in [6.45, 7) is 1.65. The summed E-state index contributed by atoms with van der Waals surface area (Å²) < 4.78 is 1.18. The summed E-state index contributed by atoms with van der Waals surface area (Å²) in [7, 11) is 0. The van der Waals surface area contributed by atoms with Gasteiger partial charge >= 0.3 is 0 Å². The molecule has 0 unspecified atom stereocenters. The third-order valence-electron chi connectivity index (χ3n) is 1.68. The van der Waals surface area contributed by atoms with Crippen LogP contribution in [0, 0.1) is 0 Å². The molecule has 86 valence electrons. The van der Waals surface area contributed by atoms with Gasteiger partial charge in [-0.3, -0.25) is 19.5 Å². The van der Waals surface area contributed by atoms with Crippen molar-refractivity contribution < 1.29 is 4.79 Å². The highest BCUT2D eigenvalue weighted by Gasteiger charge is 1.94. The molecule has 0 saturated heterocycles. The summed E-state index contributed by atoms with van der Waals surface area (Å²) >= 11 is 0. The summed E-state index contributed by atoms with van der Waals surface area (Å²) in [6, 6.07) is 2.37. The van der Waals surface area contributed by atoms with Crippen molar-refractivity contribution >= 4 is 12.1 Å². The van der Waals surface area contributed by atoms with Crippen molar-refractivity contribution in [3.05, 3.63) is 32.8 Å². The Morgan fingerprint density at radius 2 is 2.31 bits per heavy atom. The van der Waals surface area contributed by atoms with Crippen LogP contribution in [0.1, 0.15) is 13.3 Å². The molecule has 0 aliphatic carbocycles. The van der Waals surface area contributed by atoms with Gasteiger partial charge in [0.15, 0.2) is 0 Å². The number of hydrogen-bond acceptors (Lipinski definition) is 4. The molecule has 1 aromatic rings. The highest BCUT2D eigenvalue weighted by molar-refractivity contribution is 5.73. The zero-order chi connectivity index (χ0) is 12.0. The maximum absolute atomic E-state index is 11.2. The molecule has 2 N–H and O–H groups in total. The first-order valence-electron chi connectivity index (χ1n) is 4.68. The first-order chi connectivity index (χ1) is 7.59. The van der Waals surface area contributed by atoms with E-state index in [2.05, 4.69) is 15.6 Å². The molecule has 1 aromatic heterocycles. The number of aryl methyl sites for hydroxylation is 1. The molecule has 16 heavy (non-hydrogen) atoms. The van der Waals surface area contributed by atoms with Crippen LogP contribution in [0.25, 0.3) is 0 Å². The van der Waals surface area contributed by atoms with Crippen molar-refractivity contribution in [3.63, 3.8) is 0 Å². The van der Waals surface area contributed by atoms with Gasteiger partial charge in [-0.25, -0.2) is 10.1 Å². The summed E-state index contributed by atoms with van der Waals surface area (Å²) in [5.74, 6) is -0.262. The zero-order valence-corrected chi connectivity index (χ0v) is 8.77. The Hall–Kier alpha value is -2.18. The minimum Gasteiger partial charge on any atom is -0.274 e. The minimum atomic E-state index is -0.335. The second kappa shape index (κ2) is 5.64. The topological polar surface area (TPSA) is 96.3 Å². The van der Waals surface area contributed by atoms with Crippen molar-refractivity contribution in [1.82, 2.24) is 15.2 Å². The average molecular weight is 224 g/mol. The maximum Gasteiger partial charge on any atom is 0.265 e. The molecule has 0 atom stereocenters. The molecule has 0 aliphatic rings. The normalized spacial score (nSPS) is 10.6. The van der Waals surface area contributed by atoms with Crippen LogP contribution < -0.4 is 16.5 Å². The highest BCUT2D eigenvalue weighted by atomic mass is 16.2. The lowest BCUT2D eigenvalue weighted by atomic mass is 10.4. The van der Waals surface area contributed by atoms with Crippen LogP contribution in [0.2, 0.25) is 0 Å². The van der Waals surface area contributed by atoms with Gasteiger partial charge in [-0.15, -0.1) is 0 Å². The molecule has 1 heterocycles. The Bertz CT molecular complexity index is 500. The van der Waals surface area contributed by atoms with E-state index >= 15 is 0 Å². The molecule has 1 rings (SSSR count). The van der Waals surface area contributed by atoms with E-state index in [0.717, 1.165) is 0 Å². The zero-order valence-electron chi connectivity index (χ0n) is 8.77. The first-order valence-corrected chi connectivity index (χ1v) is 4.68. The molecule has 7 heteroatoms. The SMILES string of the molecule is CC(=O)N/N=C\CCn1[nH]c(=O)ccc1=O. The minimum absolute atomic E-state index is 0.262. The molecule has 0 saturated carbocycles.